The Morgan fingerprint density at radius 3 is 2.41 bits per heavy atom. The monoisotopic (exact) mass is 320 g/mol. The molecule has 122 valence electrons. The highest BCUT2D eigenvalue weighted by Crippen LogP contribution is 2.18. The largest absolute Gasteiger partial charge is 0.349 e. The molecule has 1 N–H and O–H groups in total. The molecule has 0 bridgehead atoms. The molecule has 1 aliphatic heterocycles. The summed E-state index contributed by atoms with van der Waals surface area (Å²) in [6.45, 7) is 12.7. The predicted octanol–water partition coefficient (Wildman–Crippen LogP) is 2.50. The van der Waals surface area contributed by atoms with Gasteiger partial charge < -0.3 is 15.1 Å². The molecular weight excluding hydrogens is 292 g/mol. The number of benzene rings is 1. The van der Waals surface area contributed by atoms with Crippen molar-refractivity contribution >= 4 is 23.0 Å². The molecule has 0 radical (unpaired) electrons. The first-order valence-electron chi connectivity index (χ1n) is 8.26. The molecule has 1 aliphatic rings. The lowest BCUT2D eigenvalue weighted by atomic mass is 10.1. The Balaban J connectivity index is 1.96. The van der Waals surface area contributed by atoms with Gasteiger partial charge in [-0.25, -0.2) is 0 Å². The summed E-state index contributed by atoms with van der Waals surface area (Å²) < 4.78 is 0. The van der Waals surface area contributed by atoms with Crippen LogP contribution in [0.4, 0.5) is 5.69 Å². The lowest BCUT2D eigenvalue weighted by Crippen LogP contribution is -2.57. The predicted molar refractivity (Wildman–Crippen MR) is 98.3 cm³/mol. The van der Waals surface area contributed by atoms with Crippen molar-refractivity contribution in [2.45, 2.75) is 27.2 Å². The van der Waals surface area contributed by atoms with Crippen LogP contribution in [0.15, 0.2) is 24.3 Å². The average molecular weight is 321 g/mol. The van der Waals surface area contributed by atoms with E-state index in [-0.39, 0.29) is 0 Å². The van der Waals surface area contributed by atoms with E-state index in [9.17, 15) is 0 Å². The van der Waals surface area contributed by atoms with E-state index in [1.165, 1.54) is 11.3 Å². The minimum Gasteiger partial charge on any atom is -0.349 e. The molecule has 1 aromatic carbocycles. The van der Waals surface area contributed by atoms with Crippen molar-refractivity contribution in [3.8, 4) is 0 Å². The van der Waals surface area contributed by atoms with Gasteiger partial charge in [-0.3, -0.25) is 4.90 Å². The van der Waals surface area contributed by atoms with E-state index in [4.69, 9.17) is 12.2 Å². The van der Waals surface area contributed by atoms with Crippen LogP contribution in [0.1, 0.15) is 26.3 Å². The molecule has 22 heavy (non-hydrogen) atoms. The molecule has 0 aromatic heterocycles. The van der Waals surface area contributed by atoms with Crippen LogP contribution in [0, 0.1) is 0 Å². The van der Waals surface area contributed by atoms with E-state index < -0.39 is 0 Å². The summed E-state index contributed by atoms with van der Waals surface area (Å²) in [6, 6.07) is 8.71. The molecule has 1 saturated heterocycles. The zero-order valence-corrected chi connectivity index (χ0v) is 14.8. The topological polar surface area (TPSA) is 21.8 Å². The Hall–Kier alpha value is -1.17. The first-order chi connectivity index (χ1) is 10.7. The second-order valence-corrected chi connectivity index (χ2v) is 6.04. The standard InChI is InChI=1S/C17H28N4S/c1-4-15-7-9-16(10-8-15)21-14-20(13-18-17(21)22)12-11-19(5-2)6-3/h7-10H,4-6,11-14H2,1-3H3,(H,18,22). The lowest BCUT2D eigenvalue weighted by molar-refractivity contribution is 0.207. The van der Waals surface area contributed by atoms with Gasteiger partial charge in [0.1, 0.15) is 0 Å². The van der Waals surface area contributed by atoms with Crippen LogP contribution < -0.4 is 10.2 Å². The fourth-order valence-corrected chi connectivity index (χ4v) is 2.90. The Morgan fingerprint density at radius 2 is 1.82 bits per heavy atom. The fraction of sp³-hybridized carbons (Fsp3) is 0.588. The van der Waals surface area contributed by atoms with Gasteiger partial charge in [-0.05, 0) is 49.4 Å². The first-order valence-corrected chi connectivity index (χ1v) is 8.67. The molecule has 0 aliphatic carbocycles. The summed E-state index contributed by atoms with van der Waals surface area (Å²) in [5.74, 6) is 0. The van der Waals surface area contributed by atoms with Gasteiger partial charge in [0.25, 0.3) is 0 Å². The molecule has 1 aromatic rings. The molecule has 4 nitrogen and oxygen atoms in total. The van der Waals surface area contributed by atoms with E-state index >= 15 is 0 Å². The van der Waals surface area contributed by atoms with Crippen molar-refractivity contribution in [3.63, 3.8) is 0 Å². The molecule has 5 heteroatoms. The molecule has 0 atom stereocenters. The molecule has 0 spiro atoms. The van der Waals surface area contributed by atoms with Crippen LogP contribution in [0.5, 0.6) is 0 Å². The summed E-state index contributed by atoms with van der Waals surface area (Å²) in [7, 11) is 0. The number of thiocarbonyl (C=S) groups is 1. The summed E-state index contributed by atoms with van der Waals surface area (Å²) in [5, 5.41) is 4.16. The van der Waals surface area contributed by atoms with Crippen LogP contribution in [-0.2, 0) is 6.42 Å². The maximum absolute atomic E-state index is 5.48. The Labute approximate surface area is 140 Å². The highest BCUT2D eigenvalue weighted by molar-refractivity contribution is 7.80. The van der Waals surface area contributed by atoms with Crippen molar-refractivity contribution in [1.82, 2.24) is 15.1 Å². The van der Waals surface area contributed by atoms with Gasteiger partial charge in [0.05, 0.1) is 13.3 Å². The summed E-state index contributed by atoms with van der Waals surface area (Å²) >= 11 is 5.48. The second kappa shape index (κ2) is 8.46. The zero-order chi connectivity index (χ0) is 15.9. The second-order valence-electron chi connectivity index (χ2n) is 5.65. The normalized spacial score (nSPS) is 16.2. The summed E-state index contributed by atoms with van der Waals surface area (Å²) in [6.07, 6.45) is 1.07. The van der Waals surface area contributed by atoms with Gasteiger partial charge in [0.2, 0.25) is 0 Å². The van der Waals surface area contributed by atoms with Crippen LogP contribution in [0.3, 0.4) is 0 Å². The third-order valence-electron chi connectivity index (χ3n) is 4.32. The van der Waals surface area contributed by atoms with Crippen LogP contribution in [0.25, 0.3) is 0 Å². The van der Waals surface area contributed by atoms with Gasteiger partial charge in [-0.2, -0.15) is 0 Å². The van der Waals surface area contributed by atoms with Crippen molar-refractivity contribution < 1.29 is 0 Å². The van der Waals surface area contributed by atoms with Crippen molar-refractivity contribution in [1.29, 1.82) is 0 Å². The minimum atomic E-state index is 0.823. The smallest absolute Gasteiger partial charge is 0.175 e. The number of aryl methyl sites for hydroxylation is 1. The molecule has 0 amide bonds. The fourth-order valence-electron chi connectivity index (χ4n) is 2.67. The Morgan fingerprint density at radius 1 is 1.14 bits per heavy atom. The Bertz CT molecular complexity index is 470. The molecule has 0 saturated carbocycles. The number of nitrogens with zero attached hydrogens (tertiary/aromatic N) is 3. The molecule has 0 unspecified atom stereocenters. The highest BCUT2D eigenvalue weighted by Gasteiger charge is 2.21. The molecule has 2 rings (SSSR count). The number of likely N-dealkylation sites (N-methyl/N-ethyl adjacent to an activating group) is 1. The maximum Gasteiger partial charge on any atom is 0.175 e. The van der Waals surface area contributed by atoms with Crippen LogP contribution in [0.2, 0.25) is 0 Å². The van der Waals surface area contributed by atoms with Gasteiger partial charge in [0.15, 0.2) is 5.11 Å². The van der Waals surface area contributed by atoms with Crippen molar-refractivity contribution in [3.05, 3.63) is 29.8 Å². The van der Waals surface area contributed by atoms with E-state index in [2.05, 4.69) is 65.1 Å². The maximum atomic E-state index is 5.48. The first kappa shape index (κ1) is 17.2. The lowest BCUT2D eigenvalue weighted by Gasteiger charge is -2.38. The quantitative estimate of drug-likeness (QED) is 0.777. The van der Waals surface area contributed by atoms with Crippen LogP contribution in [-0.4, -0.2) is 54.4 Å². The third-order valence-corrected chi connectivity index (χ3v) is 4.69. The van der Waals surface area contributed by atoms with Crippen molar-refractivity contribution in [2.75, 3.05) is 44.4 Å². The number of nitrogens with one attached hydrogen (secondary N) is 1. The van der Waals surface area contributed by atoms with Gasteiger partial charge in [-0.1, -0.05) is 32.9 Å². The van der Waals surface area contributed by atoms with E-state index in [0.717, 1.165) is 51.0 Å². The molecule has 1 heterocycles. The van der Waals surface area contributed by atoms with Gasteiger partial charge in [0, 0.05) is 18.8 Å². The number of hydrogen-bond acceptors (Lipinski definition) is 3. The number of hydrogen-bond donors (Lipinski definition) is 1. The van der Waals surface area contributed by atoms with Gasteiger partial charge in [-0.15, -0.1) is 0 Å². The van der Waals surface area contributed by atoms with Crippen LogP contribution >= 0.6 is 12.2 Å². The number of anilines is 1. The van der Waals surface area contributed by atoms with E-state index in [1.807, 2.05) is 0 Å². The molecular formula is C17H28N4S. The number of rotatable bonds is 7. The summed E-state index contributed by atoms with van der Waals surface area (Å²) in [5.41, 5.74) is 2.53. The average Bonchev–Trinajstić information content (AvgIpc) is 2.57. The van der Waals surface area contributed by atoms with Gasteiger partial charge >= 0.3 is 0 Å². The van der Waals surface area contributed by atoms with E-state index in [1.54, 1.807) is 0 Å². The van der Waals surface area contributed by atoms with E-state index in [0.29, 0.717) is 0 Å². The zero-order valence-electron chi connectivity index (χ0n) is 14.0. The molecule has 1 fully saturated rings. The third kappa shape index (κ3) is 4.41. The highest BCUT2D eigenvalue weighted by atomic mass is 32.1. The SMILES string of the molecule is CCc1ccc(N2CN(CCN(CC)CC)CNC2=S)cc1. The Kier molecular flexibility index (Phi) is 6.61. The van der Waals surface area contributed by atoms with Crippen molar-refractivity contribution in [2.24, 2.45) is 0 Å². The summed E-state index contributed by atoms with van der Waals surface area (Å²) in [4.78, 5) is 7.04. The minimum absolute atomic E-state index is 0.823.